The molecule has 4 rings (SSSR count). The number of fused-ring (bicyclic) bond motifs is 1. The van der Waals surface area contributed by atoms with Crippen LogP contribution in [-0.2, 0) is 14.8 Å². The molecule has 3 heterocycles. The van der Waals surface area contributed by atoms with Crippen molar-refractivity contribution in [1.82, 2.24) is 9.21 Å². The molecule has 0 aromatic carbocycles. The van der Waals surface area contributed by atoms with Gasteiger partial charge in [-0.25, -0.2) is 8.42 Å². The van der Waals surface area contributed by atoms with E-state index in [1.165, 1.54) is 48.3 Å². The lowest BCUT2D eigenvalue weighted by Gasteiger charge is -2.41. The van der Waals surface area contributed by atoms with Gasteiger partial charge in [0.2, 0.25) is 0 Å². The fourth-order valence-electron chi connectivity index (χ4n) is 4.91. The molecule has 27 heavy (non-hydrogen) atoms. The van der Waals surface area contributed by atoms with Gasteiger partial charge in [0, 0.05) is 13.1 Å². The second-order valence-corrected chi connectivity index (χ2v) is 11.3. The molecule has 1 aromatic heterocycles. The largest absolute Gasteiger partial charge is 0.338 e. The van der Waals surface area contributed by atoms with Crippen LogP contribution in [0.15, 0.2) is 21.7 Å². The molecule has 1 N–H and O–H groups in total. The second kappa shape index (κ2) is 8.19. The summed E-state index contributed by atoms with van der Waals surface area (Å²) < 4.78 is 27.2. The SMILES string of the molecule is O=C(C[NH+]1CCN(S(=O)(=O)c2cccs2)CC1)N1CC[C@H]2CCCC[C@@H]2C1. The third-order valence-corrected chi connectivity index (χ3v) is 9.84. The number of thiophene rings is 1. The van der Waals surface area contributed by atoms with Crippen molar-refractivity contribution in [2.24, 2.45) is 11.8 Å². The predicted octanol–water partition coefficient (Wildman–Crippen LogP) is 0.676. The highest BCUT2D eigenvalue weighted by molar-refractivity contribution is 7.91. The second-order valence-electron chi connectivity index (χ2n) is 8.20. The lowest BCUT2D eigenvalue weighted by molar-refractivity contribution is -0.896. The molecule has 1 aliphatic carbocycles. The molecular weight excluding hydrogens is 382 g/mol. The topological polar surface area (TPSA) is 62.1 Å². The molecule has 2 atom stereocenters. The van der Waals surface area contributed by atoms with Gasteiger partial charge in [0.25, 0.3) is 15.9 Å². The number of carbonyl (C=O) groups excluding carboxylic acids is 1. The van der Waals surface area contributed by atoms with Gasteiger partial charge >= 0.3 is 0 Å². The van der Waals surface area contributed by atoms with Crippen LogP contribution in [0.3, 0.4) is 0 Å². The van der Waals surface area contributed by atoms with Crippen LogP contribution in [0.1, 0.15) is 32.1 Å². The third-order valence-electron chi connectivity index (χ3n) is 6.56. The lowest BCUT2D eigenvalue weighted by atomic mass is 9.75. The first-order valence-corrected chi connectivity index (χ1v) is 12.5. The molecule has 1 amide bonds. The number of hydrogen-bond acceptors (Lipinski definition) is 4. The van der Waals surface area contributed by atoms with Crippen molar-refractivity contribution in [2.75, 3.05) is 45.8 Å². The summed E-state index contributed by atoms with van der Waals surface area (Å²) in [5, 5.41) is 1.79. The first kappa shape index (κ1) is 19.4. The number of rotatable bonds is 4. The standard InChI is InChI=1S/C19H29N3O3S2/c23-18(21-8-7-16-4-1-2-5-17(16)14-21)15-20-9-11-22(12-10-20)27(24,25)19-6-3-13-26-19/h3,6,13,16-17H,1-2,4-5,7-12,14-15H2/p+1/t16-,17-/m1/s1. The van der Waals surface area contributed by atoms with Crippen LogP contribution in [0.5, 0.6) is 0 Å². The third kappa shape index (κ3) is 4.23. The molecule has 0 bridgehead atoms. The maximum atomic E-state index is 12.8. The van der Waals surface area contributed by atoms with Crippen LogP contribution in [0, 0.1) is 11.8 Å². The van der Waals surface area contributed by atoms with Crippen molar-refractivity contribution in [3.05, 3.63) is 17.5 Å². The van der Waals surface area contributed by atoms with Gasteiger partial charge in [0.05, 0.1) is 26.2 Å². The molecular formula is C19H30N3O3S2+. The fourth-order valence-corrected chi connectivity index (χ4v) is 7.50. The number of quaternary nitrogens is 1. The summed E-state index contributed by atoms with van der Waals surface area (Å²) in [6, 6.07) is 3.44. The maximum absolute atomic E-state index is 12.8. The Bertz CT molecular complexity index is 742. The van der Waals surface area contributed by atoms with E-state index in [-0.39, 0.29) is 5.91 Å². The Morgan fingerprint density at radius 3 is 2.56 bits per heavy atom. The van der Waals surface area contributed by atoms with Crippen LogP contribution in [-0.4, -0.2) is 69.3 Å². The van der Waals surface area contributed by atoms with Gasteiger partial charge in [-0.3, -0.25) is 4.79 Å². The summed E-state index contributed by atoms with van der Waals surface area (Å²) in [5.41, 5.74) is 0. The van der Waals surface area contributed by atoms with Crippen molar-refractivity contribution < 1.29 is 18.1 Å². The van der Waals surface area contributed by atoms with Crippen molar-refractivity contribution in [3.63, 3.8) is 0 Å². The Labute approximate surface area is 166 Å². The van der Waals surface area contributed by atoms with E-state index in [4.69, 9.17) is 0 Å². The fraction of sp³-hybridized carbons (Fsp3) is 0.737. The highest BCUT2D eigenvalue weighted by atomic mass is 32.2. The van der Waals surface area contributed by atoms with E-state index >= 15 is 0 Å². The number of likely N-dealkylation sites (tertiary alicyclic amines) is 1. The highest BCUT2D eigenvalue weighted by Crippen LogP contribution is 2.35. The van der Waals surface area contributed by atoms with Crippen molar-refractivity contribution in [3.8, 4) is 0 Å². The van der Waals surface area contributed by atoms with Crippen molar-refractivity contribution >= 4 is 27.3 Å². The maximum Gasteiger partial charge on any atom is 0.277 e. The molecule has 2 saturated heterocycles. The smallest absolute Gasteiger partial charge is 0.277 e. The zero-order valence-corrected chi connectivity index (χ0v) is 17.4. The Balaban J connectivity index is 1.27. The minimum Gasteiger partial charge on any atom is -0.338 e. The zero-order chi connectivity index (χ0) is 18.9. The summed E-state index contributed by atoms with van der Waals surface area (Å²) in [5.74, 6) is 1.80. The lowest BCUT2D eigenvalue weighted by Crippen LogP contribution is -3.15. The first-order valence-electron chi connectivity index (χ1n) is 10.2. The average molecular weight is 413 g/mol. The summed E-state index contributed by atoms with van der Waals surface area (Å²) in [7, 11) is -3.36. The van der Waals surface area contributed by atoms with Gasteiger partial charge in [-0.15, -0.1) is 11.3 Å². The average Bonchev–Trinajstić information content (AvgIpc) is 3.24. The van der Waals surface area contributed by atoms with Gasteiger partial charge in [0.1, 0.15) is 4.21 Å². The van der Waals surface area contributed by atoms with Crippen LogP contribution in [0.25, 0.3) is 0 Å². The molecule has 2 aliphatic heterocycles. The molecule has 0 unspecified atom stereocenters. The van der Waals surface area contributed by atoms with Gasteiger partial charge in [-0.2, -0.15) is 4.31 Å². The molecule has 1 aromatic rings. The number of carbonyl (C=O) groups is 1. The van der Waals surface area contributed by atoms with Gasteiger partial charge < -0.3 is 9.80 Å². The number of hydrogen-bond donors (Lipinski definition) is 1. The number of nitrogens with zero attached hydrogens (tertiary/aromatic N) is 2. The zero-order valence-electron chi connectivity index (χ0n) is 15.8. The number of piperidine rings is 1. The molecule has 8 heteroatoms. The molecule has 1 saturated carbocycles. The van der Waals surface area contributed by atoms with E-state index in [1.807, 2.05) is 0 Å². The van der Waals surface area contributed by atoms with Crippen molar-refractivity contribution in [2.45, 2.75) is 36.3 Å². The highest BCUT2D eigenvalue weighted by Gasteiger charge is 2.35. The summed E-state index contributed by atoms with van der Waals surface area (Å²) >= 11 is 1.27. The van der Waals surface area contributed by atoms with E-state index in [1.54, 1.807) is 21.8 Å². The Morgan fingerprint density at radius 1 is 1.11 bits per heavy atom. The molecule has 0 spiro atoms. The van der Waals surface area contributed by atoms with Gasteiger partial charge in [-0.05, 0) is 36.1 Å². The normalized spacial score (nSPS) is 28.1. The Hall–Kier alpha value is -0.960. The van der Waals surface area contributed by atoms with E-state index in [0.29, 0.717) is 42.9 Å². The molecule has 150 valence electrons. The van der Waals surface area contributed by atoms with E-state index in [9.17, 15) is 13.2 Å². The molecule has 6 nitrogen and oxygen atoms in total. The molecule has 3 fully saturated rings. The van der Waals surface area contributed by atoms with Crippen molar-refractivity contribution in [1.29, 1.82) is 0 Å². The molecule has 0 radical (unpaired) electrons. The Kier molecular flexibility index (Phi) is 5.87. The van der Waals surface area contributed by atoms with Crippen LogP contribution >= 0.6 is 11.3 Å². The number of nitrogens with one attached hydrogen (secondary N) is 1. The quantitative estimate of drug-likeness (QED) is 0.791. The van der Waals surface area contributed by atoms with Gasteiger partial charge in [0.15, 0.2) is 6.54 Å². The minimum absolute atomic E-state index is 0.253. The van der Waals surface area contributed by atoms with E-state index < -0.39 is 10.0 Å². The van der Waals surface area contributed by atoms with E-state index in [2.05, 4.69) is 4.90 Å². The predicted molar refractivity (Wildman–Crippen MR) is 105 cm³/mol. The number of piperazine rings is 1. The summed E-state index contributed by atoms with van der Waals surface area (Å²) in [4.78, 5) is 16.1. The van der Waals surface area contributed by atoms with Crippen LogP contribution in [0.2, 0.25) is 0 Å². The van der Waals surface area contributed by atoms with Crippen LogP contribution < -0.4 is 4.90 Å². The molecule has 3 aliphatic rings. The van der Waals surface area contributed by atoms with Crippen LogP contribution in [0.4, 0.5) is 0 Å². The first-order chi connectivity index (χ1) is 13.0. The summed E-state index contributed by atoms with van der Waals surface area (Å²) in [6.45, 7) is 4.75. The van der Waals surface area contributed by atoms with Gasteiger partial charge in [-0.1, -0.05) is 25.3 Å². The monoisotopic (exact) mass is 412 g/mol. The summed E-state index contributed by atoms with van der Waals surface area (Å²) in [6.07, 6.45) is 6.46. The minimum atomic E-state index is -3.36. The number of amides is 1. The number of sulfonamides is 1. The van der Waals surface area contributed by atoms with E-state index in [0.717, 1.165) is 19.0 Å². The Morgan fingerprint density at radius 2 is 1.85 bits per heavy atom.